The van der Waals surface area contributed by atoms with E-state index in [9.17, 15) is 24.3 Å². The summed E-state index contributed by atoms with van der Waals surface area (Å²) < 4.78 is 11.0. The first-order chi connectivity index (χ1) is 19.8. The molecule has 0 saturated heterocycles. The Balaban J connectivity index is 2.14. The average Bonchev–Trinajstić information content (AvgIpc) is 2.98. The molecular formula is C32H40N2O7. The van der Waals surface area contributed by atoms with Crippen LogP contribution in [-0.4, -0.2) is 54.2 Å². The molecule has 0 spiro atoms. The molecule has 0 bridgehead atoms. The Kier molecular flexibility index (Phi) is 14.6. The van der Waals surface area contributed by atoms with Crippen LogP contribution in [0.3, 0.4) is 0 Å². The highest BCUT2D eigenvalue weighted by atomic mass is 16.6. The lowest BCUT2D eigenvalue weighted by atomic mass is 9.96. The molecule has 9 heteroatoms. The fourth-order valence-electron chi connectivity index (χ4n) is 4.02. The van der Waals surface area contributed by atoms with E-state index in [0.29, 0.717) is 12.8 Å². The fourth-order valence-corrected chi connectivity index (χ4v) is 4.02. The van der Waals surface area contributed by atoms with Crippen LogP contribution in [-0.2, 0) is 41.7 Å². The van der Waals surface area contributed by atoms with Crippen LogP contribution in [0.1, 0.15) is 37.3 Å². The highest BCUT2D eigenvalue weighted by molar-refractivity contribution is 5.89. The monoisotopic (exact) mass is 564 g/mol. The fraction of sp³-hybridized carbons (Fsp3) is 0.375. The molecule has 0 fully saturated rings. The van der Waals surface area contributed by atoms with E-state index < -0.39 is 54.3 Å². The molecule has 0 aliphatic carbocycles. The Bertz CT molecular complexity index is 1140. The van der Waals surface area contributed by atoms with Crippen molar-refractivity contribution in [2.45, 2.75) is 51.3 Å². The number of esters is 2. The van der Waals surface area contributed by atoms with Gasteiger partial charge in [0.1, 0.15) is 13.2 Å². The van der Waals surface area contributed by atoms with Gasteiger partial charge in [-0.25, -0.2) is 4.79 Å². The van der Waals surface area contributed by atoms with E-state index >= 15 is 0 Å². The van der Waals surface area contributed by atoms with Crippen LogP contribution in [0.15, 0.2) is 86.0 Å². The number of carbonyl (C=O) groups excluding carboxylic acids is 4. The Morgan fingerprint density at radius 1 is 0.829 bits per heavy atom. The van der Waals surface area contributed by atoms with E-state index in [1.165, 1.54) is 6.08 Å². The molecule has 41 heavy (non-hydrogen) atoms. The van der Waals surface area contributed by atoms with Gasteiger partial charge in [-0.2, -0.15) is 0 Å². The number of hydrogen-bond acceptors (Lipinski definition) is 7. The van der Waals surface area contributed by atoms with Crippen molar-refractivity contribution in [1.82, 2.24) is 10.6 Å². The molecule has 2 aromatic carbocycles. The highest BCUT2D eigenvalue weighted by Gasteiger charge is 2.30. The molecule has 2 rings (SSSR count). The number of ether oxygens (including phenoxy) is 2. The molecular weight excluding hydrogens is 524 g/mol. The first-order valence-electron chi connectivity index (χ1n) is 13.6. The molecule has 0 aromatic heterocycles. The van der Waals surface area contributed by atoms with Crippen LogP contribution in [0, 0.1) is 11.8 Å². The van der Waals surface area contributed by atoms with Gasteiger partial charge in [-0.15, -0.1) is 13.2 Å². The van der Waals surface area contributed by atoms with Crippen molar-refractivity contribution >= 4 is 23.8 Å². The molecule has 4 atom stereocenters. The molecule has 0 unspecified atom stereocenters. The zero-order valence-electron chi connectivity index (χ0n) is 23.5. The van der Waals surface area contributed by atoms with Crippen molar-refractivity contribution in [1.29, 1.82) is 0 Å². The molecule has 0 aliphatic rings. The van der Waals surface area contributed by atoms with Crippen LogP contribution in [0.5, 0.6) is 0 Å². The predicted molar refractivity (Wildman–Crippen MR) is 155 cm³/mol. The maximum absolute atomic E-state index is 13.2. The van der Waals surface area contributed by atoms with Gasteiger partial charge in [-0.1, -0.05) is 72.8 Å². The Morgan fingerprint density at radius 2 is 1.41 bits per heavy atom. The minimum absolute atomic E-state index is 0.0371. The number of benzene rings is 2. The standard InChI is InChI=1S/C32H40N2O7/c1-4-12-26(19-29(36)33-23(3)20-35)30(37)34-28(32(39)40-21-25-16-10-7-11-17-25)22-41-31(38)27(13-5-2)18-24-14-8-6-9-15-24/h4-11,14-17,23,26-28,35H,1-2,12-13,18-22H2,3H3,(H,33,36)(H,34,37)/t23-,26-,27-,28+/m0/s1. The molecule has 0 heterocycles. The summed E-state index contributed by atoms with van der Waals surface area (Å²) in [6, 6.07) is 16.7. The lowest BCUT2D eigenvalue weighted by Crippen LogP contribution is -2.48. The minimum Gasteiger partial charge on any atom is -0.463 e. The second-order valence-corrected chi connectivity index (χ2v) is 9.77. The van der Waals surface area contributed by atoms with Crippen molar-refractivity contribution in [3.8, 4) is 0 Å². The van der Waals surface area contributed by atoms with Crippen molar-refractivity contribution in [2.75, 3.05) is 13.2 Å². The first-order valence-corrected chi connectivity index (χ1v) is 13.6. The predicted octanol–water partition coefficient (Wildman–Crippen LogP) is 3.27. The van der Waals surface area contributed by atoms with Gasteiger partial charge in [-0.3, -0.25) is 14.4 Å². The van der Waals surface area contributed by atoms with Crippen molar-refractivity contribution < 1.29 is 33.8 Å². The van der Waals surface area contributed by atoms with E-state index in [4.69, 9.17) is 9.47 Å². The average molecular weight is 565 g/mol. The van der Waals surface area contributed by atoms with Gasteiger partial charge >= 0.3 is 11.9 Å². The first kappa shape index (κ1) is 33.0. The van der Waals surface area contributed by atoms with Crippen molar-refractivity contribution in [3.63, 3.8) is 0 Å². The Hall–Kier alpha value is -4.24. The van der Waals surface area contributed by atoms with E-state index in [0.717, 1.165) is 11.1 Å². The normalized spacial score (nSPS) is 13.5. The molecule has 220 valence electrons. The van der Waals surface area contributed by atoms with E-state index in [-0.39, 0.29) is 26.1 Å². The van der Waals surface area contributed by atoms with Gasteiger partial charge in [0, 0.05) is 12.5 Å². The summed E-state index contributed by atoms with van der Waals surface area (Å²) in [6.07, 6.45) is 3.89. The van der Waals surface area contributed by atoms with Crippen LogP contribution in [0.2, 0.25) is 0 Å². The number of allylic oxidation sites excluding steroid dienone is 2. The van der Waals surface area contributed by atoms with Gasteiger partial charge in [0.25, 0.3) is 0 Å². The summed E-state index contributed by atoms with van der Waals surface area (Å²) in [7, 11) is 0. The molecule has 9 nitrogen and oxygen atoms in total. The van der Waals surface area contributed by atoms with E-state index in [2.05, 4.69) is 23.8 Å². The summed E-state index contributed by atoms with van der Waals surface area (Å²) in [5.41, 5.74) is 1.69. The third-order valence-corrected chi connectivity index (χ3v) is 6.26. The van der Waals surface area contributed by atoms with Crippen LogP contribution in [0.25, 0.3) is 0 Å². The van der Waals surface area contributed by atoms with Crippen molar-refractivity contribution in [3.05, 3.63) is 97.1 Å². The smallest absolute Gasteiger partial charge is 0.332 e. The maximum atomic E-state index is 13.2. The minimum atomic E-state index is -1.30. The maximum Gasteiger partial charge on any atom is 0.332 e. The zero-order valence-corrected chi connectivity index (χ0v) is 23.5. The summed E-state index contributed by atoms with van der Waals surface area (Å²) in [5.74, 6) is -3.72. The molecule has 2 amide bonds. The second kappa shape index (κ2) is 18.2. The van der Waals surface area contributed by atoms with E-state index in [1.807, 2.05) is 36.4 Å². The summed E-state index contributed by atoms with van der Waals surface area (Å²) >= 11 is 0. The number of aliphatic hydroxyl groups is 1. The topological polar surface area (TPSA) is 131 Å². The van der Waals surface area contributed by atoms with Gasteiger partial charge in [-0.05, 0) is 37.3 Å². The van der Waals surface area contributed by atoms with Crippen LogP contribution < -0.4 is 10.6 Å². The second-order valence-electron chi connectivity index (χ2n) is 9.77. The number of hydrogen-bond donors (Lipinski definition) is 3. The van der Waals surface area contributed by atoms with Gasteiger partial charge in [0.2, 0.25) is 11.8 Å². The Morgan fingerprint density at radius 3 is 2.00 bits per heavy atom. The lowest BCUT2D eigenvalue weighted by Gasteiger charge is -2.22. The molecule has 0 saturated carbocycles. The summed E-state index contributed by atoms with van der Waals surface area (Å²) in [6.45, 7) is 8.28. The number of aliphatic hydroxyl groups excluding tert-OH is 1. The molecule has 3 N–H and O–H groups in total. The molecule has 0 radical (unpaired) electrons. The molecule has 2 aromatic rings. The zero-order chi connectivity index (χ0) is 30.0. The largest absolute Gasteiger partial charge is 0.463 e. The lowest BCUT2D eigenvalue weighted by molar-refractivity contribution is -0.157. The van der Waals surface area contributed by atoms with Crippen LogP contribution in [0.4, 0.5) is 0 Å². The number of rotatable bonds is 18. The van der Waals surface area contributed by atoms with Crippen molar-refractivity contribution in [2.24, 2.45) is 11.8 Å². The number of amides is 2. The highest BCUT2D eigenvalue weighted by Crippen LogP contribution is 2.16. The van der Waals surface area contributed by atoms with E-state index in [1.54, 1.807) is 37.3 Å². The summed E-state index contributed by atoms with van der Waals surface area (Å²) in [4.78, 5) is 51.7. The number of carbonyl (C=O) groups is 4. The third-order valence-electron chi connectivity index (χ3n) is 6.26. The quantitative estimate of drug-likeness (QED) is 0.187. The summed E-state index contributed by atoms with van der Waals surface area (Å²) in [5, 5.41) is 14.4. The number of nitrogens with one attached hydrogen (secondary N) is 2. The Labute approximate surface area is 241 Å². The molecule has 0 aliphatic heterocycles. The third kappa shape index (κ3) is 12.2. The van der Waals surface area contributed by atoms with Crippen LogP contribution >= 0.6 is 0 Å². The SMILES string of the molecule is C=CC[C@@H](CC(=O)N[C@@H](C)CO)C(=O)N[C@H](COC(=O)[C@@H](CC=C)Cc1ccccc1)C(=O)OCc1ccccc1. The van der Waals surface area contributed by atoms with Gasteiger partial charge in [0.05, 0.1) is 18.4 Å². The van der Waals surface area contributed by atoms with Gasteiger partial charge < -0.3 is 25.2 Å². The van der Waals surface area contributed by atoms with Gasteiger partial charge in [0.15, 0.2) is 6.04 Å².